The van der Waals surface area contributed by atoms with E-state index in [4.69, 9.17) is 19.4 Å². The van der Waals surface area contributed by atoms with Crippen LogP contribution in [0.4, 0.5) is 0 Å². The number of rotatable bonds is 4. The summed E-state index contributed by atoms with van der Waals surface area (Å²) in [5, 5.41) is 14.3. The molecule has 0 atom stereocenters. The third-order valence-corrected chi connectivity index (χ3v) is 14.0. The Labute approximate surface area is 363 Å². The van der Waals surface area contributed by atoms with E-state index in [0.717, 1.165) is 55.1 Å². The highest BCUT2D eigenvalue weighted by Crippen LogP contribution is 2.43. The first-order chi connectivity index (χ1) is 31.2. The quantitative estimate of drug-likeness (QED) is 0.177. The monoisotopic (exact) mass is 820 g/mol. The van der Waals surface area contributed by atoms with Crippen LogP contribution in [0.25, 0.3) is 136 Å². The van der Waals surface area contributed by atoms with Crippen molar-refractivity contribution >= 4 is 108 Å². The Kier molecular flexibility index (Phi) is 7.21. The summed E-state index contributed by atoms with van der Waals surface area (Å²) in [4.78, 5) is 15.4. The molecule has 0 aliphatic rings. The van der Waals surface area contributed by atoms with Crippen molar-refractivity contribution in [2.45, 2.75) is 0 Å². The Morgan fingerprint density at radius 1 is 0.381 bits per heavy atom. The van der Waals surface area contributed by atoms with Crippen molar-refractivity contribution in [1.82, 2.24) is 19.5 Å². The largest absolute Gasteiger partial charge is 0.456 e. The summed E-state index contributed by atoms with van der Waals surface area (Å²) in [7, 11) is 0. The van der Waals surface area contributed by atoms with E-state index in [1.165, 1.54) is 63.5 Å². The first-order valence-corrected chi connectivity index (χ1v) is 22.0. The molecule has 14 aromatic rings. The van der Waals surface area contributed by atoms with Crippen LogP contribution >= 0.6 is 11.3 Å². The molecule has 4 heterocycles. The van der Waals surface area contributed by atoms with Gasteiger partial charge in [-0.05, 0) is 86.9 Å². The van der Waals surface area contributed by atoms with Crippen LogP contribution in [0.1, 0.15) is 0 Å². The topological polar surface area (TPSA) is 56.7 Å². The molecule has 0 radical (unpaired) electrons. The van der Waals surface area contributed by atoms with E-state index in [-0.39, 0.29) is 0 Å². The smallest absolute Gasteiger partial charge is 0.165 e. The number of aromatic nitrogens is 4. The van der Waals surface area contributed by atoms with E-state index < -0.39 is 0 Å². The SMILES string of the molecule is c1ccc(-c2nc(-c3ccc4c(ccc5oc6cc(-n7c8cc9ccccc9cc8c8c9ccccc9ccc87)ccc6c54)c3)nc(-c3cccc4c3sc3ccccc34)n2)cc1. The Bertz CT molecular complexity index is 4220. The first-order valence-electron chi connectivity index (χ1n) is 21.2. The molecule has 0 bridgehead atoms. The van der Waals surface area contributed by atoms with Crippen LogP contribution in [0.5, 0.6) is 0 Å². The van der Waals surface area contributed by atoms with Crippen molar-refractivity contribution in [2.75, 3.05) is 0 Å². The lowest BCUT2D eigenvalue weighted by Gasteiger charge is -2.10. The highest BCUT2D eigenvalue weighted by molar-refractivity contribution is 7.26. The summed E-state index contributed by atoms with van der Waals surface area (Å²) in [6.07, 6.45) is 0. The molecule has 14 rings (SSSR count). The Hall–Kier alpha value is -8.19. The van der Waals surface area contributed by atoms with Crippen LogP contribution in [-0.2, 0) is 0 Å². The Morgan fingerprint density at radius 3 is 1.97 bits per heavy atom. The first kappa shape index (κ1) is 34.5. The standard InChI is InChI=1S/C57H32N4OS/c1-2-12-34(13-3-1)55-58-56(60-57(59-55)45-19-10-18-43-42-17-8-9-20-51(42)63-54(43)45)38-21-25-41-37(29-38)23-28-49-53(41)44-26-24-39(32-50(44)62-49)61-47-27-22-33-11-6-7-16-40(33)52(47)46-30-35-14-4-5-15-36(35)31-48(46)61/h1-32H. The van der Waals surface area contributed by atoms with Gasteiger partial charge in [0.2, 0.25) is 0 Å². The number of thiophene rings is 1. The van der Waals surface area contributed by atoms with Gasteiger partial charge >= 0.3 is 0 Å². The van der Waals surface area contributed by atoms with Gasteiger partial charge < -0.3 is 8.98 Å². The van der Waals surface area contributed by atoms with Gasteiger partial charge in [0.25, 0.3) is 0 Å². The second kappa shape index (κ2) is 13.2. The highest BCUT2D eigenvalue weighted by Gasteiger charge is 2.20. The molecule has 0 fully saturated rings. The van der Waals surface area contributed by atoms with Crippen molar-refractivity contribution in [3.63, 3.8) is 0 Å². The average Bonchev–Trinajstić information content (AvgIpc) is 4.02. The summed E-state index contributed by atoms with van der Waals surface area (Å²) >= 11 is 1.78. The second-order valence-electron chi connectivity index (χ2n) is 16.3. The van der Waals surface area contributed by atoms with Crippen molar-refractivity contribution in [2.24, 2.45) is 0 Å². The fourth-order valence-electron chi connectivity index (χ4n) is 9.89. The molecule has 0 unspecified atom stereocenters. The molecule has 4 aromatic heterocycles. The number of fused-ring (bicyclic) bond motifs is 14. The van der Waals surface area contributed by atoms with E-state index >= 15 is 0 Å². The number of furan rings is 1. The molecule has 0 N–H and O–H groups in total. The fraction of sp³-hybridized carbons (Fsp3) is 0. The lowest BCUT2D eigenvalue weighted by atomic mass is 10.0. The molecule has 0 saturated heterocycles. The van der Waals surface area contributed by atoms with E-state index in [1.54, 1.807) is 11.3 Å². The van der Waals surface area contributed by atoms with E-state index in [9.17, 15) is 0 Å². The molecule has 6 heteroatoms. The molecule has 10 aromatic carbocycles. The van der Waals surface area contributed by atoms with Crippen molar-refractivity contribution in [3.8, 4) is 39.9 Å². The number of benzene rings is 10. The molecule has 0 spiro atoms. The van der Waals surface area contributed by atoms with E-state index in [1.807, 2.05) is 18.2 Å². The summed E-state index contributed by atoms with van der Waals surface area (Å²) in [6.45, 7) is 0. The molecule has 5 nitrogen and oxygen atoms in total. The zero-order chi connectivity index (χ0) is 41.2. The van der Waals surface area contributed by atoms with E-state index in [2.05, 4.69) is 180 Å². The molecule has 0 saturated carbocycles. The summed E-state index contributed by atoms with van der Waals surface area (Å²) in [6, 6.07) is 69.1. The molecule has 63 heavy (non-hydrogen) atoms. The zero-order valence-corrected chi connectivity index (χ0v) is 34.4. The predicted octanol–water partition coefficient (Wildman–Crippen LogP) is 15.7. The normalized spacial score (nSPS) is 12.1. The van der Waals surface area contributed by atoms with Gasteiger partial charge in [0, 0.05) is 70.2 Å². The third-order valence-electron chi connectivity index (χ3n) is 12.8. The van der Waals surface area contributed by atoms with Crippen molar-refractivity contribution in [3.05, 3.63) is 194 Å². The van der Waals surface area contributed by atoms with Gasteiger partial charge in [-0.1, -0.05) is 133 Å². The van der Waals surface area contributed by atoms with Gasteiger partial charge in [0.15, 0.2) is 17.5 Å². The van der Waals surface area contributed by atoms with Crippen LogP contribution in [0.15, 0.2) is 199 Å². The summed E-state index contributed by atoms with van der Waals surface area (Å²) < 4.78 is 11.5. The highest BCUT2D eigenvalue weighted by atomic mass is 32.1. The molecular weight excluding hydrogens is 789 g/mol. The maximum Gasteiger partial charge on any atom is 0.165 e. The lowest BCUT2D eigenvalue weighted by Crippen LogP contribution is -2.00. The average molecular weight is 821 g/mol. The molecule has 0 amide bonds. The van der Waals surface area contributed by atoms with Gasteiger partial charge in [-0.3, -0.25) is 0 Å². The number of hydrogen-bond acceptors (Lipinski definition) is 5. The van der Waals surface area contributed by atoms with Gasteiger partial charge in [0.05, 0.1) is 11.0 Å². The molecule has 292 valence electrons. The van der Waals surface area contributed by atoms with Crippen LogP contribution < -0.4 is 0 Å². The van der Waals surface area contributed by atoms with Gasteiger partial charge in [-0.15, -0.1) is 11.3 Å². The van der Waals surface area contributed by atoms with Crippen LogP contribution in [0, 0.1) is 0 Å². The van der Waals surface area contributed by atoms with Crippen molar-refractivity contribution in [1.29, 1.82) is 0 Å². The molecule has 0 aliphatic carbocycles. The predicted molar refractivity (Wildman–Crippen MR) is 263 cm³/mol. The number of nitrogens with zero attached hydrogens (tertiary/aromatic N) is 4. The van der Waals surface area contributed by atoms with Crippen LogP contribution in [-0.4, -0.2) is 19.5 Å². The van der Waals surface area contributed by atoms with Crippen molar-refractivity contribution < 1.29 is 4.42 Å². The van der Waals surface area contributed by atoms with E-state index in [0.29, 0.717) is 17.5 Å². The molecule has 0 aliphatic heterocycles. The number of hydrogen-bond donors (Lipinski definition) is 0. The maximum absolute atomic E-state index is 6.72. The second-order valence-corrected chi connectivity index (χ2v) is 17.4. The van der Waals surface area contributed by atoms with Gasteiger partial charge in [0.1, 0.15) is 11.2 Å². The minimum absolute atomic E-state index is 0.632. The van der Waals surface area contributed by atoms with Gasteiger partial charge in [-0.2, -0.15) is 0 Å². The Morgan fingerprint density at radius 2 is 1.08 bits per heavy atom. The van der Waals surface area contributed by atoms with Crippen LogP contribution in [0.2, 0.25) is 0 Å². The van der Waals surface area contributed by atoms with Crippen LogP contribution in [0.3, 0.4) is 0 Å². The maximum atomic E-state index is 6.72. The lowest BCUT2D eigenvalue weighted by molar-refractivity contribution is 0.669. The zero-order valence-electron chi connectivity index (χ0n) is 33.6. The minimum Gasteiger partial charge on any atom is -0.456 e. The summed E-state index contributed by atoms with van der Waals surface area (Å²) in [5.41, 5.74) is 7.98. The Balaban J connectivity index is 0.929. The molecular formula is C57H32N4OS. The summed E-state index contributed by atoms with van der Waals surface area (Å²) in [5.74, 6) is 1.94. The van der Waals surface area contributed by atoms with Gasteiger partial charge in [-0.25, -0.2) is 15.0 Å². The third kappa shape index (κ3) is 5.19. The fourth-order valence-corrected chi connectivity index (χ4v) is 11.1. The minimum atomic E-state index is 0.632.